The molecule has 34 heavy (non-hydrogen) atoms. The lowest BCUT2D eigenvalue weighted by Gasteiger charge is -2.39. The predicted molar refractivity (Wildman–Crippen MR) is 117 cm³/mol. The molecule has 1 atom stereocenters. The summed E-state index contributed by atoms with van der Waals surface area (Å²) in [5, 5.41) is 4.61. The zero-order valence-corrected chi connectivity index (χ0v) is 17.7. The maximum Gasteiger partial charge on any atom is 0.573 e. The number of carbonyl (C=O) groups is 1. The highest BCUT2D eigenvalue weighted by atomic mass is 19.4. The highest BCUT2D eigenvalue weighted by molar-refractivity contribution is 6.05. The molecule has 9 heteroatoms. The predicted octanol–water partition coefficient (Wildman–Crippen LogP) is 4.98. The van der Waals surface area contributed by atoms with Crippen LogP contribution in [0.15, 0.2) is 79.1 Å². The van der Waals surface area contributed by atoms with Crippen molar-refractivity contribution in [2.75, 3.05) is 6.61 Å². The number of halogens is 3. The van der Waals surface area contributed by atoms with E-state index >= 15 is 0 Å². The van der Waals surface area contributed by atoms with Crippen LogP contribution in [-0.2, 0) is 5.54 Å². The van der Waals surface area contributed by atoms with Crippen molar-refractivity contribution in [3.8, 4) is 11.5 Å². The molecule has 0 saturated heterocycles. The van der Waals surface area contributed by atoms with Gasteiger partial charge in [0.2, 0.25) is 0 Å². The number of fused-ring (bicyclic) bond motifs is 2. The highest BCUT2D eigenvalue weighted by Gasteiger charge is 2.43. The molecule has 1 aliphatic heterocycles. The van der Waals surface area contributed by atoms with Crippen molar-refractivity contribution in [2.24, 2.45) is 0 Å². The first kappa shape index (κ1) is 21.7. The van der Waals surface area contributed by atoms with Gasteiger partial charge >= 0.3 is 6.36 Å². The SMILES string of the molecule is O=C(NC1(c2ccc(OC(F)(F)F)cc2)CCOc2cccnc21)c1nccc2ccccc12. The lowest BCUT2D eigenvalue weighted by atomic mass is 9.81. The summed E-state index contributed by atoms with van der Waals surface area (Å²) in [7, 11) is 0. The van der Waals surface area contributed by atoms with Gasteiger partial charge in [-0.1, -0.05) is 36.4 Å². The number of amides is 1. The van der Waals surface area contributed by atoms with E-state index in [1.54, 1.807) is 24.5 Å². The maximum absolute atomic E-state index is 13.6. The number of pyridine rings is 2. The van der Waals surface area contributed by atoms with Crippen LogP contribution >= 0.6 is 0 Å². The first-order valence-electron chi connectivity index (χ1n) is 10.5. The number of rotatable bonds is 4. The second kappa shape index (κ2) is 8.33. The van der Waals surface area contributed by atoms with Crippen molar-refractivity contribution >= 4 is 16.7 Å². The van der Waals surface area contributed by atoms with Crippen LogP contribution in [0.25, 0.3) is 10.8 Å². The molecule has 3 heterocycles. The Hall–Kier alpha value is -4.14. The van der Waals surface area contributed by atoms with Crippen LogP contribution in [-0.4, -0.2) is 28.8 Å². The van der Waals surface area contributed by atoms with Crippen molar-refractivity contribution in [2.45, 2.75) is 18.3 Å². The third-order valence-electron chi connectivity index (χ3n) is 5.71. The molecule has 0 radical (unpaired) electrons. The number of nitrogens with zero attached hydrogens (tertiary/aromatic N) is 2. The van der Waals surface area contributed by atoms with Crippen LogP contribution < -0.4 is 14.8 Å². The third kappa shape index (κ3) is 4.00. The van der Waals surface area contributed by atoms with Crippen LogP contribution in [0.3, 0.4) is 0 Å². The molecule has 4 aromatic rings. The van der Waals surface area contributed by atoms with Gasteiger partial charge in [-0.3, -0.25) is 14.8 Å². The zero-order valence-electron chi connectivity index (χ0n) is 17.7. The molecular formula is C25H18F3N3O3. The van der Waals surface area contributed by atoms with E-state index in [1.165, 1.54) is 24.3 Å². The smallest absolute Gasteiger partial charge is 0.491 e. The van der Waals surface area contributed by atoms with E-state index < -0.39 is 17.8 Å². The molecule has 1 aliphatic rings. The fourth-order valence-corrected chi connectivity index (χ4v) is 4.23. The summed E-state index contributed by atoms with van der Waals surface area (Å²) in [6, 6.07) is 18.0. The molecule has 1 N–H and O–H groups in total. The molecule has 0 aliphatic carbocycles. The first-order chi connectivity index (χ1) is 16.4. The molecule has 0 saturated carbocycles. The van der Waals surface area contributed by atoms with Crippen molar-refractivity contribution in [1.82, 2.24) is 15.3 Å². The second-order valence-electron chi connectivity index (χ2n) is 7.76. The summed E-state index contributed by atoms with van der Waals surface area (Å²) in [5.74, 6) is -0.316. The largest absolute Gasteiger partial charge is 0.573 e. The number of ether oxygens (including phenoxy) is 2. The van der Waals surface area contributed by atoms with Gasteiger partial charge in [-0.2, -0.15) is 0 Å². The Labute approximate surface area is 192 Å². The normalized spacial score (nSPS) is 17.5. The van der Waals surface area contributed by atoms with Gasteiger partial charge in [0.1, 0.15) is 28.4 Å². The van der Waals surface area contributed by atoms with Gasteiger partial charge in [0, 0.05) is 24.2 Å². The fourth-order valence-electron chi connectivity index (χ4n) is 4.23. The van der Waals surface area contributed by atoms with Gasteiger partial charge in [0.15, 0.2) is 0 Å². The topological polar surface area (TPSA) is 73.3 Å². The number of carbonyl (C=O) groups excluding carboxylic acids is 1. The minimum absolute atomic E-state index is 0.235. The Balaban J connectivity index is 1.60. The monoisotopic (exact) mass is 465 g/mol. The van der Waals surface area contributed by atoms with Crippen molar-refractivity contribution in [3.63, 3.8) is 0 Å². The van der Waals surface area contributed by atoms with E-state index in [0.29, 0.717) is 28.8 Å². The van der Waals surface area contributed by atoms with Crippen LogP contribution in [0, 0.1) is 0 Å². The summed E-state index contributed by atoms with van der Waals surface area (Å²) < 4.78 is 47.7. The van der Waals surface area contributed by atoms with Gasteiger partial charge in [-0.25, -0.2) is 0 Å². The van der Waals surface area contributed by atoms with Gasteiger partial charge in [0.25, 0.3) is 5.91 Å². The minimum Gasteiger partial charge on any atom is -0.491 e. The standard InChI is InChI=1S/C25H18F3N3O3/c26-25(27,28)34-18-9-7-17(8-10-18)24(12-15-33-20-6-3-13-30-22(20)24)31-23(32)21-19-5-2-1-4-16(19)11-14-29-21/h1-11,13-14H,12,15H2,(H,31,32). The number of hydrogen-bond donors (Lipinski definition) is 1. The van der Waals surface area contributed by atoms with Crippen LogP contribution in [0.4, 0.5) is 13.2 Å². The van der Waals surface area contributed by atoms with E-state index in [0.717, 1.165) is 5.39 Å². The molecule has 0 bridgehead atoms. The maximum atomic E-state index is 13.6. The molecule has 6 nitrogen and oxygen atoms in total. The summed E-state index contributed by atoms with van der Waals surface area (Å²) >= 11 is 0. The van der Waals surface area contributed by atoms with E-state index in [9.17, 15) is 18.0 Å². The molecule has 0 spiro atoms. The van der Waals surface area contributed by atoms with Crippen molar-refractivity contribution < 1.29 is 27.4 Å². The molecule has 1 unspecified atom stereocenters. The molecule has 2 aromatic heterocycles. The van der Waals surface area contributed by atoms with Gasteiger partial charge in [-0.05, 0) is 41.3 Å². The minimum atomic E-state index is -4.81. The van der Waals surface area contributed by atoms with E-state index in [2.05, 4.69) is 20.0 Å². The molecule has 5 rings (SSSR count). The number of benzene rings is 2. The third-order valence-corrected chi connectivity index (χ3v) is 5.71. The number of hydrogen-bond acceptors (Lipinski definition) is 5. The lowest BCUT2D eigenvalue weighted by Crippen LogP contribution is -2.50. The average Bonchev–Trinajstić information content (AvgIpc) is 2.83. The van der Waals surface area contributed by atoms with E-state index in [4.69, 9.17) is 4.74 Å². The summed E-state index contributed by atoms with van der Waals surface area (Å²) in [6.07, 6.45) is -1.36. The molecule has 1 amide bonds. The van der Waals surface area contributed by atoms with Gasteiger partial charge in [0.05, 0.1) is 6.61 Å². The Kier molecular flexibility index (Phi) is 5.31. The summed E-state index contributed by atoms with van der Waals surface area (Å²) in [5.41, 5.74) is 0.0815. The fraction of sp³-hybridized carbons (Fsp3) is 0.160. The Morgan fingerprint density at radius 3 is 2.56 bits per heavy atom. The first-order valence-corrected chi connectivity index (χ1v) is 10.5. The average molecular weight is 465 g/mol. The number of nitrogens with one attached hydrogen (secondary N) is 1. The molecule has 2 aromatic carbocycles. The lowest BCUT2D eigenvalue weighted by molar-refractivity contribution is -0.274. The summed E-state index contributed by atoms with van der Waals surface area (Å²) in [4.78, 5) is 22.3. The highest BCUT2D eigenvalue weighted by Crippen LogP contribution is 2.41. The Bertz CT molecular complexity index is 1350. The molecule has 172 valence electrons. The van der Waals surface area contributed by atoms with Crippen molar-refractivity contribution in [3.05, 3.63) is 96.1 Å². The van der Waals surface area contributed by atoms with E-state index in [-0.39, 0.29) is 18.1 Å². The summed E-state index contributed by atoms with van der Waals surface area (Å²) in [6.45, 7) is 0.267. The van der Waals surface area contributed by atoms with Gasteiger partial charge in [-0.15, -0.1) is 13.2 Å². The van der Waals surface area contributed by atoms with Crippen molar-refractivity contribution in [1.29, 1.82) is 0 Å². The quantitative estimate of drug-likeness (QED) is 0.460. The number of aromatic nitrogens is 2. The molecular weight excluding hydrogens is 447 g/mol. The van der Waals surface area contributed by atoms with E-state index in [1.807, 2.05) is 30.3 Å². The zero-order chi connectivity index (χ0) is 23.8. The molecule has 0 fully saturated rings. The van der Waals surface area contributed by atoms with Crippen LogP contribution in [0.5, 0.6) is 11.5 Å². The Morgan fingerprint density at radius 2 is 1.76 bits per heavy atom. The van der Waals surface area contributed by atoms with Crippen LogP contribution in [0.1, 0.15) is 28.2 Å². The second-order valence-corrected chi connectivity index (χ2v) is 7.76. The van der Waals surface area contributed by atoms with Gasteiger partial charge < -0.3 is 14.8 Å². The Morgan fingerprint density at radius 1 is 0.971 bits per heavy atom. The number of alkyl halides is 3. The van der Waals surface area contributed by atoms with Crippen LogP contribution in [0.2, 0.25) is 0 Å².